The number of aliphatic hydroxyl groups excluding tert-OH is 1. The molecule has 2 rings (SSSR count). The number of aromatic hydroxyl groups is 1. The number of hydrogen-bond donors (Lipinski definition) is 4. The van der Waals surface area contributed by atoms with Crippen molar-refractivity contribution in [2.75, 3.05) is 13.7 Å². The van der Waals surface area contributed by atoms with Gasteiger partial charge in [-0.15, -0.1) is 0 Å². The average molecular weight is 566 g/mol. The second kappa shape index (κ2) is 14.3. The summed E-state index contributed by atoms with van der Waals surface area (Å²) >= 11 is 6.04. The van der Waals surface area contributed by atoms with Crippen molar-refractivity contribution in [2.24, 2.45) is 11.8 Å². The third-order valence-electron chi connectivity index (χ3n) is 6.73. The fourth-order valence-corrected chi connectivity index (χ4v) is 4.85. The van der Waals surface area contributed by atoms with Crippen molar-refractivity contribution in [1.29, 1.82) is 0 Å². The van der Waals surface area contributed by atoms with E-state index in [4.69, 9.17) is 16.3 Å². The van der Waals surface area contributed by atoms with Gasteiger partial charge in [0, 0.05) is 19.4 Å². The normalized spacial score (nSPS) is 29.8. The van der Waals surface area contributed by atoms with Gasteiger partial charge >= 0.3 is 5.97 Å². The summed E-state index contributed by atoms with van der Waals surface area (Å²) in [6, 6.07) is 0.969. The van der Waals surface area contributed by atoms with Gasteiger partial charge in [-0.3, -0.25) is 14.4 Å². The molecule has 11 heteroatoms. The maximum Gasteiger partial charge on any atom is 0.328 e. The van der Waals surface area contributed by atoms with Crippen molar-refractivity contribution in [2.45, 2.75) is 78.1 Å². The smallest absolute Gasteiger partial charge is 0.328 e. The molecule has 3 amide bonds. The third kappa shape index (κ3) is 9.25. The molecule has 1 unspecified atom stereocenters. The van der Waals surface area contributed by atoms with Gasteiger partial charge in [-0.25, -0.2) is 4.79 Å². The summed E-state index contributed by atoms with van der Waals surface area (Å²) in [6.07, 6.45) is 2.58. The number of hydrogen-bond acceptors (Lipinski definition) is 7. The van der Waals surface area contributed by atoms with Crippen LogP contribution in [-0.2, 0) is 30.3 Å². The second-order valence-electron chi connectivity index (χ2n) is 10.5. The number of allylic oxidation sites excluding steroid dienone is 2. The van der Waals surface area contributed by atoms with Crippen LogP contribution in [0.3, 0.4) is 0 Å². The molecule has 6 atom stereocenters. The largest absolute Gasteiger partial charge is 0.506 e. The first-order chi connectivity index (χ1) is 18.2. The van der Waals surface area contributed by atoms with Crippen LogP contribution in [0.5, 0.6) is 5.75 Å². The Labute approximate surface area is 234 Å². The van der Waals surface area contributed by atoms with Gasteiger partial charge in [0.2, 0.25) is 17.7 Å². The number of benzene rings is 1. The lowest BCUT2D eigenvalue weighted by Crippen LogP contribution is -2.58. The third-order valence-corrected chi connectivity index (χ3v) is 7.04. The fraction of sp³-hybridized carbons (Fsp3) is 0.571. The first-order valence-electron chi connectivity index (χ1n) is 13.1. The van der Waals surface area contributed by atoms with Crippen molar-refractivity contribution in [1.82, 2.24) is 15.5 Å². The van der Waals surface area contributed by atoms with Crippen molar-refractivity contribution in [3.05, 3.63) is 40.4 Å². The zero-order chi connectivity index (χ0) is 29.4. The summed E-state index contributed by atoms with van der Waals surface area (Å²) in [5.74, 6) is -2.90. The topological polar surface area (TPSA) is 145 Å². The minimum atomic E-state index is -1.28. The highest BCUT2D eigenvalue weighted by Crippen LogP contribution is 2.25. The van der Waals surface area contributed by atoms with Crippen molar-refractivity contribution in [3.8, 4) is 5.75 Å². The number of aliphatic hydroxyl groups is 1. The van der Waals surface area contributed by atoms with Crippen LogP contribution in [0.25, 0.3) is 0 Å². The Kier molecular flexibility index (Phi) is 11.8. The molecule has 10 nitrogen and oxygen atoms in total. The summed E-state index contributed by atoms with van der Waals surface area (Å²) in [5, 5.41) is 25.0. The Morgan fingerprint density at radius 1 is 1.08 bits per heavy atom. The van der Waals surface area contributed by atoms with Crippen LogP contribution < -0.4 is 10.6 Å². The first kappa shape index (κ1) is 32.1. The molecule has 1 aliphatic rings. The Hall–Kier alpha value is -3.11. The lowest BCUT2D eigenvalue weighted by atomic mass is 9.95. The Balaban J connectivity index is 2.44. The van der Waals surface area contributed by atoms with Gasteiger partial charge in [0.15, 0.2) is 0 Å². The molecule has 39 heavy (non-hydrogen) atoms. The van der Waals surface area contributed by atoms with E-state index in [1.165, 1.54) is 26.1 Å². The van der Waals surface area contributed by atoms with E-state index in [1.807, 2.05) is 19.9 Å². The number of nitrogens with one attached hydrogen (secondary N) is 2. The second-order valence-corrected chi connectivity index (χ2v) is 10.9. The number of rotatable bonds is 3. The predicted molar refractivity (Wildman–Crippen MR) is 147 cm³/mol. The SMILES string of the molecule is C/C1=C\[C@H](C)C[C@H](C)OC(=O)[C@H](C)NC(=O)[C@@H](Cc2ccc(O)c(Cl)c2)N(C)C(=O)C(CO)NC(=O)[C@@H](C)C1. The van der Waals surface area contributed by atoms with E-state index in [9.17, 15) is 29.4 Å². The standard InChI is InChI=1S/C28H40ClN3O7/c1-15-9-16(2)11-18(4)39-28(38)19(5)30-26(36)23(13-20-7-8-24(34)21(29)12-20)32(6)27(37)22(14-33)31-25(35)17(3)10-15/h7-9,12,16-19,22-23,33-34H,10-11,13-14H2,1-6H3,(H,30,36)(H,31,35)/b15-9+/t16-,17-,18-,19-,22?,23+/m0/s1. The van der Waals surface area contributed by atoms with Gasteiger partial charge in [-0.05, 0) is 57.2 Å². The van der Waals surface area contributed by atoms with Crippen molar-refractivity contribution >= 4 is 35.3 Å². The molecular weight excluding hydrogens is 526 g/mol. The Morgan fingerprint density at radius 2 is 1.74 bits per heavy atom. The minimum Gasteiger partial charge on any atom is -0.506 e. The van der Waals surface area contributed by atoms with Gasteiger partial charge in [-0.1, -0.05) is 43.2 Å². The molecule has 0 saturated heterocycles. The number of ether oxygens (including phenoxy) is 1. The Morgan fingerprint density at radius 3 is 2.36 bits per heavy atom. The van der Waals surface area contributed by atoms with E-state index in [0.29, 0.717) is 18.4 Å². The van der Waals surface area contributed by atoms with E-state index in [0.717, 1.165) is 10.5 Å². The number of phenols is 1. The van der Waals surface area contributed by atoms with Gasteiger partial charge in [0.25, 0.3) is 0 Å². The fourth-order valence-electron chi connectivity index (χ4n) is 4.64. The van der Waals surface area contributed by atoms with Crippen LogP contribution in [0.4, 0.5) is 0 Å². The molecule has 0 fully saturated rings. The van der Waals surface area contributed by atoms with E-state index < -0.39 is 60.4 Å². The molecule has 1 heterocycles. The van der Waals surface area contributed by atoms with E-state index >= 15 is 0 Å². The van der Waals surface area contributed by atoms with Crippen LogP contribution in [0.15, 0.2) is 29.8 Å². The van der Waals surface area contributed by atoms with Crippen LogP contribution in [0.2, 0.25) is 5.02 Å². The lowest BCUT2D eigenvalue weighted by Gasteiger charge is -2.31. The molecule has 1 aromatic rings. The molecule has 216 valence electrons. The molecule has 0 radical (unpaired) electrons. The first-order valence-corrected chi connectivity index (χ1v) is 13.4. The number of phenolic OH excluding ortho intramolecular Hbond substituents is 1. The van der Waals surface area contributed by atoms with E-state index in [-0.39, 0.29) is 23.1 Å². The van der Waals surface area contributed by atoms with Crippen molar-refractivity contribution in [3.63, 3.8) is 0 Å². The highest BCUT2D eigenvalue weighted by Gasteiger charge is 2.34. The molecule has 0 bridgehead atoms. The number of likely N-dealkylation sites (N-methyl/N-ethyl adjacent to an activating group) is 1. The molecule has 0 aliphatic carbocycles. The maximum atomic E-state index is 13.4. The van der Waals surface area contributed by atoms with Crippen LogP contribution in [0, 0.1) is 11.8 Å². The number of halogens is 1. The van der Waals surface area contributed by atoms with Gasteiger partial charge < -0.3 is 30.5 Å². The summed E-state index contributed by atoms with van der Waals surface area (Å²) in [5.41, 5.74) is 1.51. The summed E-state index contributed by atoms with van der Waals surface area (Å²) in [4.78, 5) is 53.6. The lowest BCUT2D eigenvalue weighted by molar-refractivity contribution is -0.153. The van der Waals surface area contributed by atoms with Crippen molar-refractivity contribution < 1.29 is 34.1 Å². The van der Waals surface area contributed by atoms with Gasteiger partial charge in [0.05, 0.1) is 17.7 Å². The zero-order valence-electron chi connectivity index (χ0n) is 23.4. The van der Waals surface area contributed by atoms with E-state index in [1.54, 1.807) is 19.9 Å². The quantitative estimate of drug-likeness (QED) is 0.325. The highest BCUT2D eigenvalue weighted by atomic mass is 35.5. The average Bonchev–Trinajstić information content (AvgIpc) is 2.85. The number of cyclic esters (lactones) is 1. The Bertz CT molecular complexity index is 1090. The number of carbonyl (C=O) groups excluding carboxylic acids is 4. The molecule has 0 spiro atoms. The highest BCUT2D eigenvalue weighted by molar-refractivity contribution is 6.32. The monoisotopic (exact) mass is 565 g/mol. The maximum absolute atomic E-state index is 13.4. The molecule has 0 aromatic heterocycles. The molecule has 0 saturated carbocycles. The minimum absolute atomic E-state index is 0.0176. The summed E-state index contributed by atoms with van der Waals surface area (Å²) in [6.45, 7) is 8.23. The van der Waals surface area contributed by atoms with Crippen LogP contribution in [-0.4, -0.2) is 76.7 Å². The van der Waals surface area contributed by atoms with Crippen LogP contribution in [0.1, 0.15) is 53.0 Å². The van der Waals surface area contributed by atoms with E-state index in [2.05, 4.69) is 10.6 Å². The number of amides is 3. The van der Waals surface area contributed by atoms with Crippen LogP contribution >= 0.6 is 11.6 Å². The molecular formula is C28H40ClN3O7. The molecule has 4 N–H and O–H groups in total. The molecule has 1 aliphatic heterocycles. The van der Waals surface area contributed by atoms with Gasteiger partial charge in [0.1, 0.15) is 23.9 Å². The number of nitrogens with zero attached hydrogens (tertiary/aromatic N) is 1. The molecule has 1 aromatic carbocycles. The predicted octanol–water partition coefficient (Wildman–Crippen LogP) is 2.34. The van der Waals surface area contributed by atoms with Gasteiger partial charge in [-0.2, -0.15) is 0 Å². The summed E-state index contributed by atoms with van der Waals surface area (Å²) < 4.78 is 5.56. The number of carbonyl (C=O) groups is 4. The zero-order valence-corrected chi connectivity index (χ0v) is 24.1. The number of esters is 1. The summed E-state index contributed by atoms with van der Waals surface area (Å²) in [7, 11) is 1.38.